The lowest BCUT2D eigenvalue weighted by molar-refractivity contribution is -0.0707. The van der Waals surface area contributed by atoms with Crippen LogP contribution in [0.4, 0.5) is 9.52 Å². The van der Waals surface area contributed by atoms with Crippen LogP contribution in [-0.4, -0.2) is 41.1 Å². The Labute approximate surface area is 144 Å². The lowest BCUT2D eigenvalue weighted by Crippen LogP contribution is -2.44. The zero-order valence-electron chi connectivity index (χ0n) is 13.7. The molecule has 1 N–H and O–H groups in total. The molecule has 1 fully saturated rings. The van der Waals surface area contributed by atoms with E-state index in [4.69, 9.17) is 4.74 Å². The Balaban J connectivity index is 1.61. The molecule has 1 saturated heterocycles. The highest BCUT2D eigenvalue weighted by molar-refractivity contribution is 7.13. The molecule has 1 aromatic heterocycles. The molecule has 5 nitrogen and oxygen atoms in total. The summed E-state index contributed by atoms with van der Waals surface area (Å²) in [4.78, 5) is 18.8. The molecule has 0 saturated carbocycles. The number of thiazole rings is 1. The molecule has 128 valence electrons. The van der Waals surface area contributed by atoms with E-state index in [0.29, 0.717) is 11.7 Å². The smallest absolute Gasteiger partial charge is 0.260 e. The summed E-state index contributed by atoms with van der Waals surface area (Å²) in [7, 11) is 0. The summed E-state index contributed by atoms with van der Waals surface area (Å²) in [6.07, 6.45) is 0.403. The highest BCUT2D eigenvalue weighted by atomic mass is 32.1. The van der Waals surface area contributed by atoms with Gasteiger partial charge in [-0.1, -0.05) is 12.1 Å². The second-order valence-corrected chi connectivity index (χ2v) is 6.89. The molecular formula is C17H20FN3O2S. The minimum Gasteiger partial charge on any atom is -0.373 e. The Hall–Kier alpha value is -1.83. The minimum atomic E-state index is -0.539. The second-order valence-electron chi connectivity index (χ2n) is 6.03. The van der Waals surface area contributed by atoms with Gasteiger partial charge in [0.2, 0.25) is 0 Å². The fourth-order valence-corrected chi connectivity index (χ4v) is 3.59. The molecule has 0 spiro atoms. The third kappa shape index (κ3) is 4.17. The minimum absolute atomic E-state index is 0.0186. The van der Waals surface area contributed by atoms with E-state index in [1.165, 1.54) is 23.5 Å². The summed E-state index contributed by atoms with van der Waals surface area (Å²) in [6, 6.07) is 5.91. The summed E-state index contributed by atoms with van der Waals surface area (Å²) >= 11 is 1.35. The van der Waals surface area contributed by atoms with Gasteiger partial charge >= 0.3 is 0 Å². The van der Waals surface area contributed by atoms with Gasteiger partial charge in [-0.15, -0.1) is 11.3 Å². The Kier molecular flexibility index (Phi) is 5.23. The quantitative estimate of drug-likeness (QED) is 0.921. The Morgan fingerprint density at radius 3 is 2.79 bits per heavy atom. The van der Waals surface area contributed by atoms with Gasteiger partial charge in [-0.25, -0.2) is 9.37 Å². The van der Waals surface area contributed by atoms with Crippen LogP contribution in [0, 0.1) is 5.82 Å². The number of nitrogens with one attached hydrogen (secondary N) is 1. The van der Waals surface area contributed by atoms with Crippen molar-refractivity contribution in [2.75, 3.05) is 18.4 Å². The summed E-state index contributed by atoms with van der Waals surface area (Å²) in [5.74, 6) is -1.02. The molecule has 1 aliphatic heterocycles. The van der Waals surface area contributed by atoms with Crippen molar-refractivity contribution in [3.63, 3.8) is 0 Å². The molecule has 2 aromatic rings. The average Bonchev–Trinajstić information content (AvgIpc) is 2.93. The Bertz CT molecular complexity index is 711. The van der Waals surface area contributed by atoms with E-state index in [9.17, 15) is 9.18 Å². The third-order valence-corrected chi connectivity index (χ3v) is 4.58. The van der Waals surface area contributed by atoms with Crippen LogP contribution in [0.3, 0.4) is 0 Å². The Morgan fingerprint density at radius 2 is 2.08 bits per heavy atom. The van der Waals surface area contributed by atoms with Crippen molar-refractivity contribution in [3.05, 3.63) is 46.7 Å². The van der Waals surface area contributed by atoms with Crippen LogP contribution >= 0.6 is 11.3 Å². The number of morpholine rings is 1. The Morgan fingerprint density at radius 1 is 1.38 bits per heavy atom. The van der Waals surface area contributed by atoms with E-state index < -0.39 is 11.7 Å². The van der Waals surface area contributed by atoms with Crippen LogP contribution in [0.15, 0.2) is 29.6 Å². The molecule has 0 radical (unpaired) electrons. The predicted octanol–water partition coefficient (Wildman–Crippen LogP) is 3.14. The number of amides is 1. The number of carbonyl (C=O) groups excluding carboxylic acids is 1. The van der Waals surface area contributed by atoms with Crippen LogP contribution in [-0.2, 0) is 11.3 Å². The molecule has 0 aliphatic carbocycles. The first kappa shape index (κ1) is 17.0. The molecule has 24 heavy (non-hydrogen) atoms. The average molecular weight is 349 g/mol. The number of rotatable bonds is 4. The maximum atomic E-state index is 13.6. The van der Waals surface area contributed by atoms with Crippen molar-refractivity contribution < 1.29 is 13.9 Å². The van der Waals surface area contributed by atoms with Crippen LogP contribution in [0.2, 0.25) is 0 Å². The number of carbonyl (C=O) groups is 1. The molecule has 1 aliphatic rings. The summed E-state index contributed by atoms with van der Waals surface area (Å²) in [5.41, 5.74) is 0.912. The van der Waals surface area contributed by atoms with E-state index in [2.05, 4.69) is 29.0 Å². The number of halogens is 1. The zero-order valence-corrected chi connectivity index (χ0v) is 14.5. The number of hydrogen-bond acceptors (Lipinski definition) is 5. The predicted molar refractivity (Wildman–Crippen MR) is 91.8 cm³/mol. The standard InChI is InChI=1S/C17H20FN3O2S/c1-11-7-21(8-12(2)23-11)9-13-10-24-17(19-13)20-16(22)14-5-3-4-6-15(14)18/h3-6,10-12H,7-9H2,1-2H3,(H,19,20,22)/t11-,12-/m0/s1. The van der Waals surface area contributed by atoms with Crippen molar-refractivity contribution in [2.45, 2.75) is 32.6 Å². The third-order valence-electron chi connectivity index (χ3n) is 3.77. The largest absolute Gasteiger partial charge is 0.373 e. The molecule has 0 unspecified atom stereocenters. The molecule has 2 heterocycles. The SMILES string of the molecule is C[C@H]1CN(Cc2csc(NC(=O)c3ccccc3F)n2)C[C@H](C)O1. The van der Waals surface area contributed by atoms with E-state index in [-0.39, 0.29) is 17.8 Å². The van der Waals surface area contributed by atoms with Crippen molar-refractivity contribution in [1.82, 2.24) is 9.88 Å². The molecule has 1 aromatic carbocycles. The van der Waals surface area contributed by atoms with E-state index in [1.807, 2.05) is 5.38 Å². The zero-order chi connectivity index (χ0) is 17.1. The van der Waals surface area contributed by atoms with Gasteiger partial charge < -0.3 is 4.74 Å². The van der Waals surface area contributed by atoms with Crippen LogP contribution < -0.4 is 5.32 Å². The maximum absolute atomic E-state index is 13.6. The van der Waals surface area contributed by atoms with Crippen molar-refractivity contribution >= 4 is 22.4 Å². The topological polar surface area (TPSA) is 54.5 Å². The number of nitrogens with zero attached hydrogens (tertiary/aromatic N) is 2. The van der Waals surface area contributed by atoms with E-state index in [0.717, 1.165) is 18.8 Å². The molecule has 3 rings (SSSR count). The monoisotopic (exact) mass is 349 g/mol. The lowest BCUT2D eigenvalue weighted by Gasteiger charge is -2.34. The van der Waals surface area contributed by atoms with Gasteiger partial charge in [-0.2, -0.15) is 0 Å². The molecule has 0 bridgehead atoms. The number of benzene rings is 1. The molecular weight excluding hydrogens is 329 g/mol. The first-order valence-electron chi connectivity index (χ1n) is 7.89. The lowest BCUT2D eigenvalue weighted by atomic mass is 10.2. The van der Waals surface area contributed by atoms with Gasteiger partial charge in [-0.05, 0) is 26.0 Å². The van der Waals surface area contributed by atoms with Crippen LogP contribution in [0.5, 0.6) is 0 Å². The number of hydrogen-bond donors (Lipinski definition) is 1. The van der Waals surface area contributed by atoms with Crippen molar-refractivity contribution in [2.24, 2.45) is 0 Å². The normalized spacial score (nSPS) is 21.6. The van der Waals surface area contributed by atoms with E-state index >= 15 is 0 Å². The molecule has 7 heteroatoms. The first-order valence-corrected chi connectivity index (χ1v) is 8.77. The van der Waals surface area contributed by atoms with Gasteiger partial charge in [-0.3, -0.25) is 15.0 Å². The highest BCUT2D eigenvalue weighted by Crippen LogP contribution is 2.20. The van der Waals surface area contributed by atoms with Crippen molar-refractivity contribution in [3.8, 4) is 0 Å². The summed E-state index contributed by atoms with van der Waals surface area (Å²) < 4.78 is 19.4. The van der Waals surface area contributed by atoms with Gasteiger partial charge in [0.1, 0.15) is 5.82 Å². The number of aromatic nitrogens is 1. The molecule has 1 amide bonds. The van der Waals surface area contributed by atoms with Crippen LogP contribution in [0.1, 0.15) is 29.9 Å². The second kappa shape index (κ2) is 7.38. The fraction of sp³-hybridized carbons (Fsp3) is 0.412. The first-order chi connectivity index (χ1) is 11.5. The van der Waals surface area contributed by atoms with Gasteiger partial charge in [0.25, 0.3) is 5.91 Å². The number of ether oxygens (including phenoxy) is 1. The van der Waals surface area contributed by atoms with E-state index in [1.54, 1.807) is 12.1 Å². The maximum Gasteiger partial charge on any atom is 0.260 e. The van der Waals surface area contributed by atoms with Crippen molar-refractivity contribution in [1.29, 1.82) is 0 Å². The fourth-order valence-electron chi connectivity index (χ4n) is 2.89. The summed E-state index contributed by atoms with van der Waals surface area (Å²) in [6.45, 7) is 6.55. The summed E-state index contributed by atoms with van der Waals surface area (Å²) in [5, 5.41) is 5.06. The van der Waals surface area contributed by atoms with Gasteiger partial charge in [0, 0.05) is 25.0 Å². The van der Waals surface area contributed by atoms with Crippen LogP contribution in [0.25, 0.3) is 0 Å². The van der Waals surface area contributed by atoms with Gasteiger partial charge in [0.05, 0.1) is 23.5 Å². The van der Waals surface area contributed by atoms with Gasteiger partial charge in [0.15, 0.2) is 5.13 Å². The highest BCUT2D eigenvalue weighted by Gasteiger charge is 2.23. The molecule has 2 atom stereocenters. The number of anilines is 1.